The van der Waals surface area contributed by atoms with Crippen LogP contribution in [0, 0.1) is 13.8 Å². The number of rotatable bonds is 4. The highest BCUT2D eigenvalue weighted by Gasteiger charge is 2.25. The van der Waals surface area contributed by atoms with E-state index in [9.17, 15) is 4.79 Å². The van der Waals surface area contributed by atoms with Crippen LogP contribution in [0.1, 0.15) is 62.2 Å². The number of anilines is 2. The summed E-state index contributed by atoms with van der Waals surface area (Å²) in [5.41, 5.74) is 4.37. The molecule has 6 nitrogen and oxygen atoms in total. The summed E-state index contributed by atoms with van der Waals surface area (Å²) in [7, 11) is 0. The van der Waals surface area contributed by atoms with Crippen LogP contribution in [0.15, 0.2) is 24.3 Å². The third-order valence-electron chi connectivity index (χ3n) is 5.50. The number of urea groups is 1. The molecule has 3 rings (SSSR count). The van der Waals surface area contributed by atoms with Crippen molar-refractivity contribution in [2.75, 3.05) is 36.4 Å². The lowest BCUT2D eigenvalue weighted by molar-refractivity contribution is 0.208. The fourth-order valence-electron chi connectivity index (χ4n) is 3.90. The van der Waals surface area contributed by atoms with Crippen molar-refractivity contribution < 1.29 is 4.79 Å². The molecule has 0 atom stereocenters. The summed E-state index contributed by atoms with van der Waals surface area (Å²) in [6.45, 7) is 15.6. The molecule has 1 aromatic carbocycles. The summed E-state index contributed by atoms with van der Waals surface area (Å²) >= 11 is 0. The quantitative estimate of drug-likeness (QED) is 0.815. The van der Waals surface area contributed by atoms with Crippen LogP contribution >= 0.6 is 0 Å². The maximum atomic E-state index is 12.7. The molecule has 29 heavy (non-hydrogen) atoms. The Morgan fingerprint density at radius 3 is 2.10 bits per heavy atom. The van der Waals surface area contributed by atoms with Crippen LogP contribution in [0.4, 0.5) is 16.3 Å². The lowest BCUT2D eigenvalue weighted by Gasteiger charge is -2.36. The molecular formula is C23H33N5O. The van der Waals surface area contributed by atoms with Gasteiger partial charge in [0.1, 0.15) is 11.6 Å². The number of nitrogens with zero attached hydrogens (tertiary/aromatic N) is 4. The van der Waals surface area contributed by atoms with E-state index < -0.39 is 0 Å². The molecule has 1 aliphatic heterocycles. The predicted molar refractivity (Wildman–Crippen MR) is 119 cm³/mol. The van der Waals surface area contributed by atoms with E-state index in [0.29, 0.717) is 24.9 Å². The normalized spacial score (nSPS) is 14.6. The van der Waals surface area contributed by atoms with Gasteiger partial charge >= 0.3 is 6.03 Å². The molecule has 2 heterocycles. The van der Waals surface area contributed by atoms with Crippen LogP contribution in [0.2, 0.25) is 0 Å². The fraction of sp³-hybridized carbons (Fsp3) is 0.522. The largest absolute Gasteiger partial charge is 0.353 e. The van der Waals surface area contributed by atoms with Crippen molar-refractivity contribution in [1.29, 1.82) is 0 Å². The molecule has 1 fully saturated rings. The molecule has 0 unspecified atom stereocenters. The third-order valence-corrected chi connectivity index (χ3v) is 5.50. The number of nitrogens with one attached hydrogen (secondary N) is 1. The van der Waals surface area contributed by atoms with Crippen LogP contribution in [0.5, 0.6) is 0 Å². The highest BCUT2D eigenvalue weighted by Crippen LogP contribution is 2.29. The van der Waals surface area contributed by atoms with Gasteiger partial charge in [-0.05, 0) is 43.4 Å². The van der Waals surface area contributed by atoms with Crippen LogP contribution < -0.4 is 10.2 Å². The number of hydrogen-bond donors (Lipinski definition) is 1. The number of benzene rings is 1. The average Bonchev–Trinajstić information content (AvgIpc) is 2.67. The number of aryl methyl sites for hydroxylation is 2. The van der Waals surface area contributed by atoms with Gasteiger partial charge < -0.3 is 15.1 Å². The van der Waals surface area contributed by atoms with Gasteiger partial charge in [0, 0.05) is 43.1 Å². The Balaban J connectivity index is 1.64. The first kappa shape index (κ1) is 21.1. The molecule has 0 bridgehead atoms. The van der Waals surface area contributed by atoms with E-state index in [-0.39, 0.29) is 6.03 Å². The van der Waals surface area contributed by atoms with Gasteiger partial charge in [0.25, 0.3) is 0 Å². The van der Waals surface area contributed by atoms with Crippen LogP contribution in [-0.2, 0) is 0 Å². The van der Waals surface area contributed by atoms with Gasteiger partial charge in [-0.25, -0.2) is 14.8 Å². The fourth-order valence-corrected chi connectivity index (χ4v) is 3.90. The van der Waals surface area contributed by atoms with E-state index >= 15 is 0 Å². The summed E-state index contributed by atoms with van der Waals surface area (Å²) in [6, 6.07) is 8.06. The molecule has 2 aromatic rings. The third kappa shape index (κ3) is 4.86. The summed E-state index contributed by atoms with van der Waals surface area (Å²) < 4.78 is 0. The average molecular weight is 396 g/mol. The smallest absolute Gasteiger partial charge is 0.321 e. The SMILES string of the molecule is Cc1nc(C)c(C(C)C)c(N2CCN(C(=O)Nc3ccc(C(C)C)cc3)CC2)n1. The molecule has 0 radical (unpaired) electrons. The first-order chi connectivity index (χ1) is 13.8. The van der Waals surface area contributed by atoms with Gasteiger partial charge in [-0.15, -0.1) is 0 Å². The first-order valence-corrected chi connectivity index (χ1v) is 10.5. The monoisotopic (exact) mass is 395 g/mol. The molecule has 1 saturated heterocycles. The number of aromatic nitrogens is 2. The summed E-state index contributed by atoms with van der Waals surface area (Å²) in [5, 5.41) is 3.02. The molecule has 1 N–H and O–H groups in total. The Hall–Kier alpha value is -2.63. The van der Waals surface area contributed by atoms with Crippen LogP contribution in [0.25, 0.3) is 0 Å². The van der Waals surface area contributed by atoms with E-state index in [2.05, 4.69) is 62.0 Å². The van der Waals surface area contributed by atoms with Crippen molar-refractivity contribution in [2.24, 2.45) is 0 Å². The number of hydrogen-bond acceptors (Lipinski definition) is 4. The summed E-state index contributed by atoms with van der Waals surface area (Å²) in [4.78, 5) is 26.1. The van der Waals surface area contributed by atoms with E-state index in [1.165, 1.54) is 11.1 Å². The van der Waals surface area contributed by atoms with Crippen LogP contribution in [-0.4, -0.2) is 47.1 Å². The van der Waals surface area contributed by atoms with Crippen molar-refractivity contribution in [1.82, 2.24) is 14.9 Å². The minimum Gasteiger partial charge on any atom is -0.353 e. The van der Waals surface area contributed by atoms with Gasteiger partial charge in [-0.3, -0.25) is 0 Å². The molecular weight excluding hydrogens is 362 g/mol. The molecule has 0 aliphatic carbocycles. The zero-order valence-corrected chi connectivity index (χ0v) is 18.5. The number of carbonyl (C=O) groups excluding carboxylic acids is 1. The van der Waals surface area contributed by atoms with Gasteiger partial charge in [0.05, 0.1) is 0 Å². The lowest BCUT2D eigenvalue weighted by atomic mass is 10.0. The topological polar surface area (TPSA) is 61.4 Å². The van der Waals surface area contributed by atoms with Crippen LogP contribution in [0.3, 0.4) is 0 Å². The highest BCUT2D eigenvalue weighted by atomic mass is 16.2. The highest BCUT2D eigenvalue weighted by molar-refractivity contribution is 5.89. The zero-order valence-electron chi connectivity index (χ0n) is 18.5. The minimum atomic E-state index is -0.0407. The second-order valence-corrected chi connectivity index (χ2v) is 8.43. The van der Waals surface area contributed by atoms with E-state index in [4.69, 9.17) is 4.98 Å². The summed E-state index contributed by atoms with van der Waals surface area (Å²) in [6.07, 6.45) is 0. The van der Waals surface area contributed by atoms with E-state index in [1.54, 1.807) is 0 Å². The second kappa shape index (κ2) is 8.80. The maximum Gasteiger partial charge on any atom is 0.321 e. The molecule has 1 aliphatic rings. The number of amides is 2. The molecule has 1 aromatic heterocycles. The van der Waals surface area contributed by atoms with Crippen molar-refractivity contribution >= 4 is 17.5 Å². The Morgan fingerprint density at radius 2 is 1.55 bits per heavy atom. The standard InChI is InChI=1S/C23H33N5O/c1-15(2)19-7-9-20(10-8-19)26-23(29)28-13-11-27(12-14-28)22-21(16(3)4)17(5)24-18(6)25-22/h7-10,15-16H,11-14H2,1-6H3,(H,26,29). The molecule has 2 amide bonds. The van der Waals surface area contributed by atoms with Crippen molar-refractivity contribution in [3.05, 3.63) is 46.9 Å². The Bertz CT molecular complexity index is 852. The lowest BCUT2D eigenvalue weighted by Crippen LogP contribution is -2.50. The molecule has 0 saturated carbocycles. The maximum absolute atomic E-state index is 12.7. The molecule has 0 spiro atoms. The minimum absolute atomic E-state index is 0.0407. The Kier molecular flexibility index (Phi) is 6.40. The number of piperazine rings is 1. The first-order valence-electron chi connectivity index (χ1n) is 10.5. The molecule has 156 valence electrons. The molecule has 6 heteroatoms. The van der Waals surface area contributed by atoms with Gasteiger partial charge in [0.15, 0.2) is 0 Å². The van der Waals surface area contributed by atoms with E-state index in [0.717, 1.165) is 36.1 Å². The van der Waals surface area contributed by atoms with Gasteiger partial charge in [-0.1, -0.05) is 39.8 Å². The van der Waals surface area contributed by atoms with Crippen molar-refractivity contribution in [3.8, 4) is 0 Å². The Morgan fingerprint density at radius 1 is 0.931 bits per heavy atom. The Labute approximate surface area is 174 Å². The zero-order chi connectivity index (χ0) is 21.1. The van der Waals surface area contributed by atoms with Crippen molar-refractivity contribution in [2.45, 2.75) is 53.4 Å². The summed E-state index contributed by atoms with van der Waals surface area (Å²) in [5.74, 6) is 2.67. The van der Waals surface area contributed by atoms with Gasteiger partial charge in [-0.2, -0.15) is 0 Å². The number of carbonyl (C=O) groups is 1. The van der Waals surface area contributed by atoms with Gasteiger partial charge in [0.2, 0.25) is 0 Å². The predicted octanol–water partition coefficient (Wildman–Crippen LogP) is 4.69. The second-order valence-electron chi connectivity index (χ2n) is 8.43. The van der Waals surface area contributed by atoms with E-state index in [1.807, 2.05) is 24.0 Å². The van der Waals surface area contributed by atoms with Crippen molar-refractivity contribution in [3.63, 3.8) is 0 Å².